The van der Waals surface area contributed by atoms with Crippen molar-refractivity contribution in [2.45, 2.75) is 58.3 Å². The van der Waals surface area contributed by atoms with E-state index in [1.165, 1.54) is 45.3 Å². The fourth-order valence-corrected chi connectivity index (χ4v) is 3.61. The zero-order chi connectivity index (χ0) is 14.2. The first kappa shape index (κ1) is 16.2. The highest BCUT2D eigenvalue weighted by molar-refractivity contribution is 4.86. The van der Waals surface area contributed by atoms with Gasteiger partial charge < -0.3 is 19.7 Å². The second-order valence-corrected chi connectivity index (χ2v) is 6.03. The molecule has 0 bridgehead atoms. The lowest BCUT2D eigenvalue weighted by Crippen LogP contribution is -2.44. The van der Waals surface area contributed by atoms with Crippen molar-refractivity contribution in [3.05, 3.63) is 0 Å². The van der Waals surface area contributed by atoms with Gasteiger partial charge in [-0.2, -0.15) is 0 Å². The SMILES string of the molecule is CCOC(CCN1CCCC(C2CCCN2)C1)OCC. The van der Waals surface area contributed by atoms with Crippen LogP contribution in [-0.2, 0) is 9.47 Å². The molecule has 2 fully saturated rings. The molecule has 0 saturated carbocycles. The van der Waals surface area contributed by atoms with Crippen molar-refractivity contribution in [3.63, 3.8) is 0 Å². The van der Waals surface area contributed by atoms with Crippen molar-refractivity contribution in [2.75, 3.05) is 39.4 Å². The summed E-state index contributed by atoms with van der Waals surface area (Å²) in [5, 5.41) is 3.68. The smallest absolute Gasteiger partial charge is 0.158 e. The normalized spacial score (nSPS) is 28.4. The lowest BCUT2D eigenvalue weighted by molar-refractivity contribution is -0.142. The van der Waals surface area contributed by atoms with Crippen LogP contribution in [0.15, 0.2) is 0 Å². The third-order valence-electron chi connectivity index (χ3n) is 4.60. The molecule has 0 amide bonds. The van der Waals surface area contributed by atoms with E-state index in [-0.39, 0.29) is 6.29 Å². The van der Waals surface area contributed by atoms with E-state index >= 15 is 0 Å². The van der Waals surface area contributed by atoms with Crippen LogP contribution in [-0.4, -0.2) is 56.6 Å². The van der Waals surface area contributed by atoms with E-state index in [0.29, 0.717) is 0 Å². The topological polar surface area (TPSA) is 33.7 Å². The molecule has 2 atom stereocenters. The Balaban J connectivity index is 1.71. The van der Waals surface area contributed by atoms with E-state index in [4.69, 9.17) is 9.47 Å². The number of likely N-dealkylation sites (tertiary alicyclic amines) is 1. The van der Waals surface area contributed by atoms with Gasteiger partial charge in [0.2, 0.25) is 0 Å². The molecule has 0 aromatic heterocycles. The highest BCUT2D eigenvalue weighted by Gasteiger charge is 2.29. The number of nitrogens with one attached hydrogen (secondary N) is 1. The minimum absolute atomic E-state index is 0.0185. The van der Waals surface area contributed by atoms with Gasteiger partial charge in [-0.15, -0.1) is 0 Å². The highest BCUT2D eigenvalue weighted by atomic mass is 16.7. The number of ether oxygens (including phenoxy) is 2. The molecule has 2 aliphatic rings. The minimum atomic E-state index is -0.0185. The van der Waals surface area contributed by atoms with Crippen LogP contribution in [0.2, 0.25) is 0 Å². The minimum Gasteiger partial charge on any atom is -0.353 e. The second-order valence-electron chi connectivity index (χ2n) is 6.03. The summed E-state index contributed by atoms with van der Waals surface area (Å²) >= 11 is 0. The van der Waals surface area contributed by atoms with E-state index < -0.39 is 0 Å². The summed E-state index contributed by atoms with van der Waals surface area (Å²) in [5.74, 6) is 0.851. The molecule has 0 radical (unpaired) electrons. The summed E-state index contributed by atoms with van der Waals surface area (Å²) in [6.07, 6.45) is 6.45. The summed E-state index contributed by atoms with van der Waals surface area (Å²) in [7, 11) is 0. The molecular weight excluding hydrogens is 252 g/mol. The van der Waals surface area contributed by atoms with Crippen molar-refractivity contribution in [2.24, 2.45) is 5.92 Å². The van der Waals surface area contributed by atoms with Crippen molar-refractivity contribution in [3.8, 4) is 0 Å². The molecule has 2 rings (SSSR count). The van der Waals surface area contributed by atoms with Gasteiger partial charge in [0.1, 0.15) is 0 Å². The van der Waals surface area contributed by atoms with Crippen molar-refractivity contribution < 1.29 is 9.47 Å². The van der Waals surface area contributed by atoms with Crippen molar-refractivity contribution in [1.29, 1.82) is 0 Å². The van der Waals surface area contributed by atoms with E-state index in [2.05, 4.69) is 10.2 Å². The van der Waals surface area contributed by atoms with Gasteiger partial charge in [0, 0.05) is 38.8 Å². The first-order chi connectivity index (χ1) is 9.83. The Morgan fingerprint density at radius 2 is 1.95 bits per heavy atom. The number of piperidine rings is 1. The van der Waals surface area contributed by atoms with Crippen LogP contribution >= 0.6 is 0 Å². The number of hydrogen-bond acceptors (Lipinski definition) is 4. The highest BCUT2D eigenvalue weighted by Crippen LogP contribution is 2.25. The van der Waals surface area contributed by atoms with Gasteiger partial charge in [0.15, 0.2) is 6.29 Å². The maximum Gasteiger partial charge on any atom is 0.158 e. The Labute approximate surface area is 124 Å². The fourth-order valence-electron chi connectivity index (χ4n) is 3.61. The van der Waals surface area contributed by atoms with Gasteiger partial charge in [-0.25, -0.2) is 0 Å². The van der Waals surface area contributed by atoms with Crippen LogP contribution in [0.5, 0.6) is 0 Å². The Morgan fingerprint density at radius 1 is 1.15 bits per heavy atom. The number of hydrogen-bond donors (Lipinski definition) is 1. The van der Waals surface area contributed by atoms with Gasteiger partial charge in [-0.1, -0.05) is 0 Å². The second kappa shape index (κ2) is 8.98. The average molecular weight is 284 g/mol. The van der Waals surface area contributed by atoms with Crippen LogP contribution in [0.3, 0.4) is 0 Å². The molecule has 0 aromatic carbocycles. The van der Waals surface area contributed by atoms with Crippen molar-refractivity contribution >= 4 is 0 Å². The molecule has 118 valence electrons. The quantitative estimate of drug-likeness (QED) is 0.693. The molecule has 4 heteroatoms. The van der Waals surface area contributed by atoms with Crippen molar-refractivity contribution in [1.82, 2.24) is 10.2 Å². The molecule has 4 nitrogen and oxygen atoms in total. The summed E-state index contributed by atoms with van der Waals surface area (Å²) < 4.78 is 11.3. The summed E-state index contributed by atoms with van der Waals surface area (Å²) in [6, 6.07) is 0.771. The molecule has 2 unspecified atom stereocenters. The molecule has 0 aromatic rings. The third-order valence-corrected chi connectivity index (χ3v) is 4.60. The lowest BCUT2D eigenvalue weighted by atomic mass is 9.90. The molecule has 2 heterocycles. The van der Waals surface area contributed by atoms with E-state index in [0.717, 1.165) is 38.1 Å². The monoisotopic (exact) mass is 284 g/mol. The molecule has 0 spiro atoms. The molecule has 20 heavy (non-hydrogen) atoms. The molecule has 1 N–H and O–H groups in total. The van der Waals surface area contributed by atoms with Crippen LogP contribution in [0.4, 0.5) is 0 Å². The zero-order valence-corrected chi connectivity index (χ0v) is 13.3. The predicted molar refractivity (Wildman–Crippen MR) is 81.8 cm³/mol. The van der Waals surface area contributed by atoms with Crippen LogP contribution in [0.1, 0.15) is 46.0 Å². The van der Waals surface area contributed by atoms with Crippen LogP contribution < -0.4 is 5.32 Å². The molecule has 2 saturated heterocycles. The first-order valence-corrected chi connectivity index (χ1v) is 8.52. The summed E-state index contributed by atoms with van der Waals surface area (Å²) in [6.45, 7) is 10.4. The largest absolute Gasteiger partial charge is 0.353 e. The lowest BCUT2D eigenvalue weighted by Gasteiger charge is -2.36. The Bertz CT molecular complexity index is 251. The average Bonchev–Trinajstić information content (AvgIpc) is 3.00. The molecular formula is C16H32N2O2. The van der Waals surface area contributed by atoms with Crippen LogP contribution in [0.25, 0.3) is 0 Å². The first-order valence-electron chi connectivity index (χ1n) is 8.52. The zero-order valence-electron chi connectivity index (χ0n) is 13.3. The number of nitrogens with zero attached hydrogens (tertiary/aromatic N) is 1. The fraction of sp³-hybridized carbons (Fsp3) is 1.00. The Hall–Kier alpha value is -0.160. The van der Waals surface area contributed by atoms with E-state index in [1.807, 2.05) is 13.8 Å². The maximum atomic E-state index is 5.64. The van der Waals surface area contributed by atoms with E-state index in [9.17, 15) is 0 Å². The van der Waals surface area contributed by atoms with Gasteiger partial charge in [-0.05, 0) is 58.5 Å². The Kier molecular flexibility index (Phi) is 7.28. The number of rotatable bonds is 8. The summed E-state index contributed by atoms with van der Waals surface area (Å²) in [5.41, 5.74) is 0. The maximum absolute atomic E-state index is 5.64. The third kappa shape index (κ3) is 4.99. The molecule has 0 aliphatic carbocycles. The van der Waals surface area contributed by atoms with Gasteiger partial charge in [-0.3, -0.25) is 0 Å². The van der Waals surface area contributed by atoms with Gasteiger partial charge in [0.25, 0.3) is 0 Å². The standard InChI is InChI=1S/C16H32N2O2/c1-3-19-16(20-4-2)9-12-18-11-6-7-14(13-18)15-8-5-10-17-15/h14-17H,3-13H2,1-2H3. The Morgan fingerprint density at radius 3 is 2.60 bits per heavy atom. The van der Waals surface area contributed by atoms with Gasteiger partial charge in [0.05, 0.1) is 0 Å². The molecule has 2 aliphatic heterocycles. The van der Waals surface area contributed by atoms with Gasteiger partial charge >= 0.3 is 0 Å². The predicted octanol–water partition coefficient (Wildman–Crippen LogP) is 2.24. The summed E-state index contributed by atoms with van der Waals surface area (Å²) in [4.78, 5) is 2.61. The van der Waals surface area contributed by atoms with E-state index in [1.54, 1.807) is 0 Å². The van der Waals surface area contributed by atoms with Crippen LogP contribution in [0, 0.1) is 5.92 Å².